The van der Waals surface area contributed by atoms with E-state index in [1.54, 1.807) is 32.0 Å². The fourth-order valence-corrected chi connectivity index (χ4v) is 3.94. The van der Waals surface area contributed by atoms with E-state index in [2.05, 4.69) is 0 Å². The van der Waals surface area contributed by atoms with Crippen molar-refractivity contribution in [1.29, 1.82) is 0 Å². The Bertz CT molecular complexity index is 1040. The summed E-state index contributed by atoms with van der Waals surface area (Å²) in [5.41, 5.74) is 1.44. The molecule has 0 unspecified atom stereocenters. The van der Waals surface area contributed by atoms with Crippen molar-refractivity contribution in [2.75, 3.05) is 20.8 Å². The summed E-state index contributed by atoms with van der Waals surface area (Å²) >= 11 is 0. The molecule has 1 saturated carbocycles. The van der Waals surface area contributed by atoms with Gasteiger partial charge in [0.2, 0.25) is 5.75 Å². The maximum Gasteiger partial charge on any atom is 0.349 e. The molecule has 0 aromatic heterocycles. The van der Waals surface area contributed by atoms with Crippen LogP contribution in [0.1, 0.15) is 49.0 Å². The van der Waals surface area contributed by atoms with Gasteiger partial charge in [-0.25, -0.2) is 9.59 Å². The molecule has 0 bridgehead atoms. The minimum Gasteiger partial charge on any atom is -0.493 e. The minimum absolute atomic E-state index is 0.172. The second kappa shape index (κ2) is 8.73. The van der Waals surface area contributed by atoms with Crippen LogP contribution in [0.3, 0.4) is 0 Å². The number of hydrogen-bond acceptors (Lipinski definition) is 7. The average molecular weight is 440 g/mol. The second-order valence-corrected chi connectivity index (χ2v) is 8.59. The number of fused-ring (bicyclic) bond motifs is 1. The first-order valence-corrected chi connectivity index (χ1v) is 10.8. The molecule has 1 heterocycles. The number of methoxy groups -OCH3 is 2. The van der Waals surface area contributed by atoms with Crippen molar-refractivity contribution in [2.45, 2.75) is 45.3 Å². The Morgan fingerprint density at radius 1 is 1.03 bits per heavy atom. The highest BCUT2D eigenvalue weighted by Gasteiger charge is 2.36. The van der Waals surface area contributed by atoms with Crippen LogP contribution in [-0.2, 0) is 20.9 Å². The monoisotopic (exact) mass is 440 g/mol. The molecular formula is C25H28O7. The predicted molar refractivity (Wildman–Crippen MR) is 117 cm³/mol. The van der Waals surface area contributed by atoms with E-state index in [-0.39, 0.29) is 12.6 Å². The maximum absolute atomic E-state index is 12.9. The van der Waals surface area contributed by atoms with Crippen molar-refractivity contribution in [2.24, 2.45) is 5.92 Å². The van der Waals surface area contributed by atoms with Gasteiger partial charge in [0.15, 0.2) is 17.1 Å². The van der Waals surface area contributed by atoms with Crippen molar-refractivity contribution >= 4 is 11.9 Å². The fraction of sp³-hybridized carbons (Fsp3) is 0.440. The average Bonchev–Trinajstić information content (AvgIpc) is 3.13. The molecule has 0 saturated heterocycles. The fourth-order valence-electron chi connectivity index (χ4n) is 3.94. The Balaban J connectivity index is 1.73. The number of rotatable bonds is 8. The topological polar surface area (TPSA) is 80.3 Å². The van der Waals surface area contributed by atoms with Gasteiger partial charge in [-0.3, -0.25) is 0 Å². The van der Waals surface area contributed by atoms with Gasteiger partial charge in [0, 0.05) is 11.1 Å². The first-order valence-electron chi connectivity index (χ1n) is 10.8. The molecule has 0 amide bonds. The summed E-state index contributed by atoms with van der Waals surface area (Å²) in [6.07, 6.45) is 3.35. The van der Waals surface area contributed by atoms with Crippen LogP contribution >= 0.6 is 0 Å². The van der Waals surface area contributed by atoms with Crippen LogP contribution in [0.5, 0.6) is 17.2 Å². The number of cyclic esters (lactones) is 1. The van der Waals surface area contributed by atoms with Crippen LogP contribution in [0.15, 0.2) is 30.3 Å². The summed E-state index contributed by atoms with van der Waals surface area (Å²) in [4.78, 5) is 24.9. The number of carbonyl (C=O) groups is 2. The van der Waals surface area contributed by atoms with Crippen molar-refractivity contribution in [3.8, 4) is 28.4 Å². The van der Waals surface area contributed by atoms with Crippen LogP contribution in [-0.4, -0.2) is 38.4 Å². The molecule has 2 aliphatic rings. The Hall–Kier alpha value is -3.22. The molecule has 32 heavy (non-hydrogen) atoms. The number of ether oxygens (including phenoxy) is 5. The standard InChI is InChI=1S/C25H28O7/c1-25(2,24(27)31-13-15-7-5-8-15)32-21-17(11-12-20(28-3)22(21)29-4)16-9-6-10-18-19(16)14-30-23(18)26/h6,9-12,15H,5,7-8,13-14H2,1-4H3. The number of hydrogen-bond donors (Lipinski definition) is 0. The van der Waals surface area contributed by atoms with Crippen LogP contribution in [0.2, 0.25) is 0 Å². The molecular weight excluding hydrogens is 412 g/mol. The van der Waals surface area contributed by atoms with Gasteiger partial charge in [-0.2, -0.15) is 0 Å². The molecule has 2 aromatic rings. The SMILES string of the molecule is COc1ccc(-c2cccc3c2COC3=O)c(OC(C)(C)C(=O)OCC2CCC2)c1OC. The summed E-state index contributed by atoms with van der Waals surface area (Å²) in [5, 5.41) is 0. The summed E-state index contributed by atoms with van der Waals surface area (Å²) < 4.78 is 28.1. The molecule has 0 radical (unpaired) electrons. The van der Waals surface area contributed by atoms with Gasteiger partial charge >= 0.3 is 11.9 Å². The highest BCUT2D eigenvalue weighted by Crippen LogP contribution is 2.47. The van der Waals surface area contributed by atoms with E-state index in [9.17, 15) is 9.59 Å². The zero-order chi connectivity index (χ0) is 22.9. The van der Waals surface area contributed by atoms with E-state index in [0.717, 1.165) is 24.0 Å². The summed E-state index contributed by atoms with van der Waals surface area (Å²) in [7, 11) is 3.05. The zero-order valence-corrected chi connectivity index (χ0v) is 18.9. The molecule has 170 valence electrons. The quantitative estimate of drug-likeness (QED) is 0.558. The van der Waals surface area contributed by atoms with Gasteiger partial charge in [-0.05, 0) is 56.4 Å². The van der Waals surface area contributed by atoms with Gasteiger partial charge in [0.1, 0.15) is 6.61 Å². The summed E-state index contributed by atoms with van der Waals surface area (Å²) in [6.45, 7) is 3.91. The van der Waals surface area contributed by atoms with E-state index in [4.69, 9.17) is 23.7 Å². The van der Waals surface area contributed by atoms with Gasteiger partial charge in [-0.1, -0.05) is 18.6 Å². The van der Waals surface area contributed by atoms with E-state index in [1.165, 1.54) is 20.6 Å². The maximum atomic E-state index is 12.9. The molecule has 7 nitrogen and oxygen atoms in total. The Kier molecular flexibility index (Phi) is 6.00. The number of benzene rings is 2. The van der Waals surface area contributed by atoms with Gasteiger partial charge in [0.25, 0.3) is 0 Å². The molecule has 0 N–H and O–H groups in total. The van der Waals surface area contributed by atoms with Gasteiger partial charge in [-0.15, -0.1) is 0 Å². The second-order valence-electron chi connectivity index (χ2n) is 8.59. The minimum atomic E-state index is -1.28. The lowest BCUT2D eigenvalue weighted by molar-refractivity contribution is -0.161. The van der Waals surface area contributed by atoms with E-state index in [0.29, 0.717) is 40.9 Å². The first-order chi connectivity index (χ1) is 15.4. The van der Waals surface area contributed by atoms with Gasteiger partial charge < -0.3 is 23.7 Å². The van der Waals surface area contributed by atoms with Crippen molar-refractivity contribution in [3.05, 3.63) is 41.5 Å². The van der Waals surface area contributed by atoms with Crippen molar-refractivity contribution < 1.29 is 33.3 Å². The highest BCUT2D eigenvalue weighted by atomic mass is 16.6. The molecule has 1 aliphatic heterocycles. The van der Waals surface area contributed by atoms with Crippen LogP contribution < -0.4 is 14.2 Å². The normalized spacial score (nSPS) is 15.4. The van der Waals surface area contributed by atoms with Crippen LogP contribution in [0.4, 0.5) is 0 Å². The van der Waals surface area contributed by atoms with Crippen LogP contribution in [0.25, 0.3) is 11.1 Å². The summed E-state index contributed by atoms with van der Waals surface area (Å²) in [6, 6.07) is 9.00. The molecule has 0 spiro atoms. The van der Waals surface area contributed by atoms with E-state index < -0.39 is 11.6 Å². The third-order valence-corrected chi connectivity index (χ3v) is 6.06. The van der Waals surface area contributed by atoms with Gasteiger partial charge in [0.05, 0.1) is 26.4 Å². The lowest BCUT2D eigenvalue weighted by Gasteiger charge is -2.30. The van der Waals surface area contributed by atoms with E-state index >= 15 is 0 Å². The van der Waals surface area contributed by atoms with E-state index in [1.807, 2.05) is 12.1 Å². The molecule has 1 aliphatic carbocycles. The first kappa shape index (κ1) is 22.0. The Labute approximate surface area is 187 Å². The molecule has 0 atom stereocenters. The lowest BCUT2D eigenvalue weighted by Crippen LogP contribution is -2.41. The van der Waals surface area contributed by atoms with Crippen molar-refractivity contribution in [1.82, 2.24) is 0 Å². The number of esters is 2. The Morgan fingerprint density at radius 2 is 1.78 bits per heavy atom. The molecule has 2 aromatic carbocycles. The third-order valence-electron chi connectivity index (χ3n) is 6.06. The lowest BCUT2D eigenvalue weighted by atomic mass is 9.86. The molecule has 7 heteroatoms. The molecule has 4 rings (SSSR count). The van der Waals surface area contributed by atoms with Crippen molar-refractivity contribution in [3.63, 3.8) is 0 Å². The summed E-state index contributed by atoms with van der Waals surface area (Å²) in [5.74, 6) is 0.783. The largest absolute Gasteiger partial charge is 0.493 e. The highest BCUT2D eigenvalue weighted by molar-refractivity contribution is 5.96. The third kappa shape index (κ3) is 3.99. The van der Waals surface area contributed by atoms with Crippen LogP contribution in [0, 0.1) is 5.92 Å². The zero-order valence-electron chi connectivity index (χ0n) is 18.9. The Morgan fingerprint density at radius 3 is 2.44 bits per heavy atom. The smallest absolute Gasteiger partial charge is 0.349 e. The molecule has 1 fully saturated rings. The number of carbonyl (C=O) groups excluding carboxylic acids is 2. The predicted octanol–water partition coefficient (Wildman–Crippen LogP) is 4.54.